The third kappa shape index (κ3) is 1.85. The van der Waals surface area contributed by atoms with Crippen LogP contribution in [0.1, 0.15) is 6.92 Å². The van der Waals surface area contributed by atoms with E-state index in [0.717, 1.165) is 0 Å². The van der Waals surface area contributed by atoms with Crippen LogP contribution in [0, 0.1) is 0 Å². The van der Waals surface area contributed by atoms with Crippen molar-refractivity contribution in [1.29, 1.82) is 0 Å². The van der Waals surface area contributed by atoms with Crippen LogP contribution in [0.4, 0.5) is 22.0 Å². The van der Waals surface area contributed by atoms with Gasteiger partial charge in [-0.15, -0.1) is 0 Å². The molecule has 1 rings (SSSR count). The average Bonchev–Trinajstić information content (AvgIpc) is 2.19. The summed E-state index contributed by atoms with van der Waals surface area (Å²) in [6, 6.07) is 0. The summed E-state index contributed by atoms with van der Waals surface area (Å²) < 4.78 is 68.5. The van der Waals surface area contributed by atoms with Gasteiger partial charge >= 0.3 is 0 Å². The molecule has 0 aromatic carbocycles. The van der Waals surface area contributed by atoms with Crippen LogP contribution in [0.15, 0.2) is 0 Å². The first kappa shape index (κ1) is 11.7. The van der Waals surface area contributed by atoms with Crippen LogP contribution >= 0.6 is 0 Å². The molecule has 0 aromatic rings. The van der Waals surface area contributed by atoms with Gasteiger partial charge in [0, 0.05) is 6.61 Å². The molecule has 0 bridgehead atoms. The van der Waals surface area contributed by atoms with Crippen molar-refractivity contribution in [3.05, 3.63) is 0 Å². The summed E-state index contributed by atoms with van der Waals surface area (Å²) >= 11 is 0. The molecule has 0 radical (unpaired) electrons. The third-order valence-corrected chi connectivity index (χ3v) is 2.20. The molecule has 1 aliphatic rings. The van der Waals surface area contributed by atoms with Gasteiger partial charge in [0.05, 0.1) is 0 Å². The minimum absolute atomic E-state index is 0.0814. The molecule has 4 atom stereocenters. The molecule has 1 fully saturated rings. The normalized spacial score (nSPS) is 49.3. The van der Waals surface area contributed by atoms with E-state index in [4.69, 9.17) is 0 Å². The van der Waals surface area contributed by atoms with Crippen molar-refractivity contribution >= 4 is 0 Å². The summed E-state index contributed by atoms with van der Waals surface area (Å²) in [6.45, 7) is 1.35. The minimum Gasteiger partial charge on any atom is -0.372 e. The average molecular weight is 218 g/mol. The number of rotatable bonds is 2. The van der Waals surface area contributed by atoms with Crippen LogP contribution in [-0.4, -0.2) is 43.6 Å². The lowest BCUT2D eigenvalue weighted by Crippen LogP contribution is -2.57. The standard InChI is InChI=1S/C8H11F5O/c1-2-14-8-6(12)4(10)3(9)5(11)7(8)13/h3-8H,2H2,1H3. The largest absolute Gasteiger partial charge is 0.372 e. The smallest absolute Gasteiger partial charge is 0.168 e. The van der Waals surface area contributed by atoms with Crippen LogP contribution in [-0.2, 0) is 4.74 Å². The maximum absolute atomic E-state index is 13.0. The Morgan fingerprint density at radius 2 is 1.14 bits per heavy atom. The van der Waals surface area contributed by atoms with Crippen molar-refractivity contribution in [2.75, 3.05) is 6.61 Å². The van der Waals surface area contributed by atoms with Crippen LogP contribution in [0.3, 0.4) is 0 Å². The number of ether oxygens (including phenoxy) is 1. The summed E-state index contributed by atoms with van der Waals surface area (Å²) in [5.41, 5.74) is 0. The van der Waals surface area contributed by atoms with E-state index in [1.165, 1.54) is 6.92 Å². The van der Waals surface area contributed by atoms with Crippen molar-refractivity contribution in [3.8, 4) is 0 Å². The van der Waals surface area contributed by atoms with Crippen LogP contribution in [0.5, 0.6) is 0 Å². The van der Waals surface area contributed by atoms with Gasteiger partial charge in [0.1, 0.15) is 6.10 Å². The number of alkyl halides is 5. The summed E-state index contributed by atoms with van der Waals surface area (Å²) in [4.78, 5) is 0. The molecule has 14 heavy (non-hydrogen) atoms. The van der Waals surface area contributed by atoms with Gasteiger partial charge in [0.2, 0.25) is 0 Å². The lowest BCUT2D eigenvalue weighted by molar-refractivity contribution is -0.146. The Hall–Kier alpha value is -0.390. The van der Waals surface area contributed by atoms with Gasteiger partial charge in [-0.3, -0.25) is 0 Å². The third-order valence-electron chi connectivity index (χ3n) is 2.20. The van der Waals surface area contributed by atoms with E-state index in [1.807, 2.05) is 0 Å². The first-order valence-electron chi connectivity index (χ1n) is 4.32. The molecule has 0 aliphatic heterocycles. The Bertz CT molecular complexity index is 175. The molecule has 0 amide bonds. The highest BCUT2D eigenvalue weighted by atomic mass is 19.2. The number of halogens is 5. The molecule has 1 saturated carbocycles. The molecular weight excluding hydrogens is 207 g/mol. The van der Waals surface area contributed by atoms with Crippen LogP contribution < -0.4 is 0 Å². The Morgan fingerprint density at radius 3 is 1.50 bits per heavy atom. The molecule has 0 spiro atoms. The zero-order valence-corrected chi connectivity index (χ0v) is 7.47. The molecule has 0 saturated heterocycles. The van der Waals surface area contributed by atoms with Crippen LogP contribution in [0.2, 0.25) is 0 Å². The van der Waals surface area contributed by atoms with E-state index in [9.17, 15) is 22.0 Å². The molecule has 0 heterocycles. The number of hydrogen-bond donors (Lipinski definition) is 0. The van der Waals surface area contributed by atoms with Crippen molar-refractivity contribution < 1.29 is 26.7 Å². The zero-order chi connectivity index (χ0) is 10.9. The van der Waals surface area contributed by atoms with Crippen molar-refractivity contribution in [2.45, 2.75) is 43.9 Å². The Morgan fingerprint density at radius 1 is 0.786 bits per heavy atom. The second-order valence-corrected chi connectivity index (χ2v) is 3.14. The van der Waals surface area contributed by atoms with E-state index in [2.05, 4.69) is 4.74 Å². The van der Waals surface area contributed by atoms with E-state index < -0.39 is 37.0 Å². The van der Waals surface area contributed by atoms with Gasteiger partial charge in [-0.1, -0.05) is 0 Å². The number of hydrogen-bond acceptors (Lipinski definition) is 1. The first-order valence-corrected chi connectivity index (χ1v) is 4.32. The Balaban J connectivity index is 2.75. The highest BCUT2D eigenvalue weighted by molar-refractivity contribution is 5.00. The van der Waals surface area contributed by atoms with Gasteiger partial charge in [-0.2, -0.15) is 0 Å². The fourth-order valence-electron chi connectivity index (χ4n) is 1.44. The van der Waals surface area contributed by atoms with Crippen LogP contribution in [0.25, 0.3) is 0 Å². The lowest BCUT2D eigenvalue weighted by Gasteiger charge is -2.35. The molecule has 1 nitrogen and oxygen atoms in total. The van der Waals surface area contributed by atoms with Gasteiger partial charge in [-0.25, -0.2) is 22.0 Å². The fraction of sp³-hybridized carbons (Fsp3) is 1.00. The molecule has 4 unspecified atom stereocenters. The molecule has 84 valence electrons. The topological polar surface area (TPSA) is 9.23 Å². The molecular formula is C8H11F5O. The summed E-state index contributed by atoms with van der Waals surface area (Å²) in [5, 5.41) is 0. The Labute approximate surface area is 78.2 Å². The molecule has 0 aromatic heterocycles. The summed E-state index contributed by atoms with van der Waals surface area (Å²) in [5.74, 6) is 0. The second kappa shape index (κ2) is 4.42. The first-order chi connectivity index (χ1) is 6.50. The second-order valence-electron chi connectivity index (χ2n) is 3.14. The van der Waals surface area contributed by atoms with Crippen molar-refractivity contribution in [2.24, 2.45) is 0 Å². The van der Waals surface area contributed by atoms with Crippen molar-refractivity contribution in [3.63, 3.8) is 0 Å². The molecule has 0 N–H and O–H groups in total. The van der Waals surface area contributed by atoms with E-state index in [0.29, 0.717) is 0 Å². The predicted octanol–water partition coefficient (Wildman–Crippen LogP) is 2.10. The molecule has 1 aliphatic carbocycles. The van der Waals surface area contributed by atoms with Gasteiger partial charge in [0.25, 0.3) is 0 Å². The van der Waals surface area contributed by atoms with Crippen molar-refractivity contribution in [1.82, 2.24) is 0 Å². The highest BCUT2D eigenvalue weighted by Gasteiger charge is 2.54. The fourth-order valence-corrected chi connectivity index (χ4v) is 1.44. The monoisotopic (exact) mass is 218 g/mol. The molecule has 6 heteroatoms. The van der Waals surface area contributed by atoms with Gasteiger partial charge < -0.3 is 4.74 Å². The predicted molar refractivity (Wildman–Crippen MR) is 39.9 cm³/mol. The summed E-state index contributed by atoms with van der Waals surface area (Å²) in [7, 11) is 0. The highest BCUT2D eigenvalue weighted by Crippen LogP contribution is 2.33. The Kier molecular flexibility index (Phi) is 3.69. The van der Waals surface area contributed by atoms with E-state index >= 15 is 0 Å². The maximum atomic E-state index is 13.0. The van der Waals surface area contributed by atoms with Gasteiger partial charge in [-0.05, 0) is 6.92 Å². The maximum Gasteiger partial charge on any atom is 0.168 e. The SMILES string of the molecule is CCOC1C(F)C(F)C(F)C(F)C1F. The van der Waals surface area contributed by atoms with E-state index in [-0.39, 0.29) is 6.61 Å². The zero-order valence-electron chi connectivity index (χ0n) is 7.47. The van der Waals surface area contributed by atoms with Gasteiger partial charge in [0.15, 0.2) is 30.9 Å². The summed E-state index contributed by atoms with van der Waals surface area (Å²) in [6.07, 6.45) is -14.8. The minimum atomic E-state index is -2.75. The van der Waals surface area contributed by atoms with E-state index in [1.54, 1.807) is 0 Å². The quantitative estimate of drug-likeness (QED) is 0.645. The lowest BCUT2D eigenvalue weighted by atomic mass is 9.89.